The molecule has 1 heterocycles. The van der Waals surface area contributed by atoms with Gasteiger partial charge in [-0.2, -0.15) is 18.3 Å². The van der Waals surface area contributed by atoms with Crippen molar-refractivity contribution in [3.63, 3.8) is 0 Å². The van der Waals surface area contributed by atoms with E-state index in [-0.39, 0.29) is 28.7 Å². The lowest BCUT2D eigenvalue weighted by molar-refractivity contribution is -0.143. The van der Waals surface area contributed by atoms with Crippen LogP contribution in [-0.2, 0) is 17.4 Å². The van der Waals surface area contributed by atoms with Crippen molar-refractivity contribution in [1.82, 2.24) is 9.78 Å². The number of rotatable bonds is 7. The number of hydrogen-bond donors (Lipinski definition) is 2. The lowest BCUT2D eigenvalue weighted by Gasteiger charge is -2.14. The minimum absolute atomic E-state index is 0.128. The molecule has 0 aliphatic rings. The van der Waals surface area contributed by atoms with Crippen LogP contribution >= 0.6 is 11.6 Å². The van der Waals surface area contributed by atoms with E-state index in [9.17, 15) is 22.8 Å². The molecule has 0 aliphatic carbocycles. The largest absolute Gasteiger partial charge is 0.434 e. The molecule has 0 bridgehead atoms. The molecule has 3 rings (SSSR count). The maximum absolute atomic E-state index is 14.0. The second-order valence-corrected chi connectivity index (χ2v) is 8.61. The van der Waals surface area contributed by atoms with Gasteiger partial charge in [0.15, 0.2) is 5.69 Å². The van der Waals surface area contributed by atoms with E-state index < -0.39 is 23.3 Å². The second kappa shape index (κ2) is 10.3. The molecular formula is C24H24ClF3N4O2. The van der Waals surface area contributed by atoms with Gasteiger partial charge in [-0.25, -0.2) is 4.68 Å². The van der Waals surface area contributed by atoms with E-state index in [1.54, 1.807) is 19.1 Å². The molecule has 0 aliphatic heterocycles. The quantitative estimate of drug-likeness (QED) is 0.404. The van der Waals surface area contributed by atoms with Gasteiger partial charge >= 0.3 is 6.18 Å². The number of anilines is 2. The molecule has 0 saturated heterocycles. The molecule has 0 fully saturated rings. The van der Waals surface area contributed by atoms with Crippen LogP contribution in [0.3, 0.4) is 0 Å². The van der Waals surface area contributed by atoms with Crippen LogP contribution in [0.5, 0.6) is 0 Å². The lowest BCUT2D eigenvalue weighted by Crippen LogP contribution is -2.21. The fourth-order valence-electron chi connectivity index (χ4n) is 3.45. The standard InChI is InChI=1S/C24H24ClF3N4O2/c1-4-21(33)30-17-10-16(25)11-18(12-17)31-23(34)20-13-29-32(22(20)24(26,27)28)19-7-5-6-15(9-19)8-14(2)3/h5-7,9-14H,4,8H2,1-3H3,(H,30,33)(H,31,34). The summed E-state index contributed by atoms with van der Waals surface area (Å²) in [5.41, 5.74) is -0.319. The number of amides is 2. The third-order valence-corrected chi connectivity index (χ3v) is 5.06. The van der Waals surface area contributed by atoms with Gasteiger partial charge in [0.2, 0.25) is 5.91 Å². The van der Waals surface area contributed by atoms with E-state index in [4.69, 9.17) is 11.6 Å². The minimum atomic E-state index is -4.84. The number of carbonyl (C=O) groups excluding carboxylic acids is 2. The number of nitrogens with one attached hydrogen (secondary N) is 2. The van der Waals surface area contributed by atoms with Crippen LogP contribution in [0.1, 0.15) is 48.8 Å². The van der Waals surface area contributed by atoms with E-state index in [0.717, 1.165) is 16.4 Å². The Labute approximate surface area is 200 Å². The second-order valence-electron chi connectivity index (χ2n) is 8.17. The zero-order valence-electron chi connectivity index (χ0n) is 18.8. The first-order valence-electron chi connectivity index (χ1n) is 10.6. The Bertz CT molecular complexity index is 1210. The van der Waals surface area contributed by atoms with Gasteiger partial charge in [0, 0.05) is 22.8 Å². The zero-order chi connectivity index (χ0) is 25.0. The zero-order valence-corrected chi connectivity index (χ0v) is 19.6. The van der Waals surface area contributed by atoms with E-state index in [2.05, 4.69) is 15.7 Å². The van der Waals surface area contributed by atoms with Crippen LogP contribution in [0.25, 0.3) is 5.69 Å². The molecular weight excluding hydrogens is 469 g/mol. The van der Waals surface area contributed by atoms with E-state index >= 15 is 0 Å². The number of aromatic nitrogens is 2. The molecule has 2 amide bonds. The fourth-order valence-corrected chi connectivity index (χ4v) is 3.69. The van der Waals surface area contributed by atoms with Gasteiger partial charge in [-0.05, 0) is 48.2 Å². The molecule has 0 unspecified atom stereocenters. The van der Waals surface area contributed by atoms with Crippen molar-refractivity contribution in [2.24, 2.45) is 5.92 Å². The summed E-state index contributed by atoms with van der Waals surface area (Å²) in [5, 5.41) is 9.08. The van der Waals surface area contributed by atoms with Gasteiger partial charge in [-0.15, -0.1) is 0 Å². The van der Waals surface area contributed by atoms with Crippen LogP contribution in [0.2, 0.25) is 5.02 Å². The number of hydrogen-bond acceptors (Lipinski definition) is 3. The summed E-state index contributed by atoms with van der Waals surface area (Å²) < 4.78 is 42.8. The Hall–Kier alpha value is -3.33. The van der Waals surface area contributed by atoms with E-state index in [1.807, 2.05) is 19.9 Å². The summed E-state index contributed by atoms with van der Waals surface area (Å²) in [5.74, 6) is -0.965. The maximum Gasteiger partial charge on any atom is 0.434 e. The topological polar surface area (TPSA) is 76.0 Å². The molecule has 3 aromatic rings. The number of benzene rings is 2. The van der Waals surface area contributed by atoms with Crippen LogP contribution in [0, 0.1) is 5.92 Å². The van der Waals surface area contributed by atoms with E-state index in [0.29, 0.717) is 18.0 Å². The van der Waals surface area contributed by atoms with Gasteiger partial charge < -0.3 is 10.6 Å². The van der Waals surface area contributed by atoms with Gasteiger partial charge in [0.05, 0.1) is 17.4 Å². The highest BCUT2D eigenvalue weighted by molar-refractivity contribution is 6.31. The highest BCUT2D eigenvalue weighted by Gasteiger charge is 2.40. The van der Waals surface area contributed by atoms with Crippen LogP contribution in [-0.4, -0.2) is 21.6 Å². The van der Waals surface area contributed by atoms with Gasteiger partial charge in [0.25, 0.3) is 5.91 Å². The first-order valence-corrected chi connectivity index (χ1v) is 11.0. The van der Waals surface area contributed by atoms with Crippen molar-refractivity contribution in [3.05, 3.63) is 70.5 Å². The lowest BCUT2D eigenvalue weighted by atomic mass is 10.0. The van der Waals surface area contributed by atoms with Crippen molar-refractivity contribution >= 4 is 34.8 Å². The molecule has 2 N–H and O–H groups in total. The minimum Gasteiger partial charge on any atom is -0.326 e. The van der Waals surface area contributed by atoms with Crippen LogP contribution in [0.15, 0.2) is 48.7 Å². The van der Waals surface area contributed by atoms with Gasteiger partial charge in [-0.1, -0.05) is 44.5 Å². The first-order chi connectivity index (χ1) is 16.0. The van der Waals surface area contributed by atoms with Crippen molar-refractivity contribution < 1.29 is 22.8 Å². The average Bonchev–Trinajstić information content (AvgIpc) is 3.19. The monoisotopic (exact) mass is 492 g/mol. The van der Waals surface area contributed by atoms with Crippen LogP contribution < -0.4 is 10.6 Å². The predicted octanol–water partition coefficient (Wildman–Crippen LogP) is 6.34. The highest BCUT2D eigenvalue weighted by Crippen LogP contribution is 2.34. The normalized spacial score (nSPS) is 11.5. The predicted molar refractivity (Wildman–Crippen MR) is 125 cm³/mol. The van der Waals surface area contributed by atoms with Crippen molar-refractivity contribution in [2.75, 3.05) is 10.6 Å². The third-order valence-electron chi connectivity index (χ3n) is 4.84. The Balaban J connectivity index is 1.96. The van der Waals surface area contributed by atoms with Gasteiger partial charge in [0.1, 0.15) is 0 Å². The summed E-state index contributed by atoms with van der Waals surface area (Å²) in [6, 6.07) is 10.9. The van der Waals surface area contributed by atoms with Gasteiger partial charge in [-0.3, -0.25) is 9.59 Å². The summed E-state index contributed by atoms with van der Waals surface area (Å²) in [4.78, 5) is 24.5. The smallest absolute Gasteiger partial charge is 0.326 e. The van der Waals surface area contributed by atoms with Crippen molar-refractivity contribution in [2.45, 2.75) is 39.8 Å². The Morgan fingerprint density at radius 2 is 1.76 bits per heavy atom. The number of alkyl halides is 3. The molecule has 0 atom stereocenters. The fraction of sp³-hybridized carbons (Fsp3) is 0.292. The molecule has 0 saturated carbocycles. The van der Waals surface area contributed by atoms with Crippen LogP contribution in [0.4, 0.5) is 24.5 Å². The SMILES string of the molecule is CCC(=O)Nc1cc(Cl)cc(NC(=O)c2cnn(-c3cccc(CC(C)C)c3)c2C(F)(F)F)c1. The molecule has 10 heteroatoms. The highest BCUT2D eigenvalue weighted by atomic mass is 35.5. The Morgan fingerprint density at radius 1 is 1.09 bits per heavy atom. The molecule has 6 nitrogen and oxygen atoms in total. The number of carbonyl (C=O) groups is 2. The summed E-state index contributed by atoms with van der Waals surface area (Å²) in [7, 11) is 0. The molecule has 2 aromatic carbocycles. The van der Waals surface area contributed by atoms with E-state index in [1.165, 1.54) is 24.3 Å². The Kier molecular flexibility index (Phi) is 7.66. The summed E-state index contributed by atoms with van der Waals surface area (Å²) in [6.45, 7) is 5.69. The molecule has 0 radical (unpaired) electrons. The number of nitrogens with zero attached hydrogens (tertiary/aromatic N) is 2. The van der Waals surface area contributed by atoms with Crippen molar-refractivity contribution in [1.29, 1.82) is 0 Å². The van der Waals surface area contributed by atoms with Crippen molar-refractivity contribution in [3.8, 4) is 5.69 Å². The summed E-state index contributed by atoms with van der Waals surface area (Å²) in [6.07, 6.45) is -3.04. The molecule has 0 spiro atoms. The maximum atomic E-state index is 14.0. The number of halogens is 4. The average molecular weight is 493 g/mol. The Morgan fingerprint density at radius 3 is 2.38 bits per heavy atom. The summed E-state index contributed by atoms with van der Waals surface area (Å²) >= 11 is 6.05. The third kappa shape index (κ3) is 6.17. The molecule has 1 aromatic heterocycles. The molecule has 34 heavy (non-hydrogen) atoms. The first kappa shape index (κ1) is 25.3. The molecule has 180 valence electrons.